The predicted molar refractivity (Wildman–Crippen MR) is 86.4 cm³/mol. The third-order valence-corrected chi connectivity index (χ3v) is 3.25. The molecule has 0 spiro atoms. The summed E-state index contributed by atoms with van der Waals surface area (Å²) in [5, 5.41) is 6.15. The predicted octanol–water partition coefficient (Wildman–Crippen LogP) is 2.84. The number of hydrogen-bond donors (Lipinski definition) is 2. The summed E-state index contributed by atoms with van der Waals surface area (Å²) >= 11 is 0. The Labute approximate surface area is 134 Å². The summed E-state index contributed by atoms with van der Waals surface area (Å²) in [4.78, 5) is 4.08. The van der Waals surface area contributed by atoms with Crippen LogP contribution in [0.3, 0.4) is 0 Å². The highest BCUT2D eigenvalue weighted by molar-refractivity contribution is 5.79. The van der Waals surface area contributed by atoms with Crippen molar-refractivity contribution in [2.24, 2.45) is 4.99 Å². The van der Waals surface area contributed by atoms with Gasteiger partial charge in [-0.1, -0.05) is 18.2 Å². The van der Waals surface area contributed by atoms with E-state index in [1.807, 2.05) is 6.07 Å². The lowest BCUT2D eigenvalue weighted by molar-refractivity contribution is 0.386. The van der Waals surface area contributed by atoms with Gasteiger partial charge in [0, 0.05) is 20.1 Å². The Morgan fingerprint density at radius 1 is 1.04 bits per heavy atom. The molecule has 23 heavy (non-hydrogen) atoms. The summed E-state index contributed by atoms with van der Waals surface area (Å²) < 4.78 is 31.6. The van der Waals surface area contributed by atoms with Gasteiger partial charge in [-0.05, 0) is 35.4 Å². The number of aliphatic imine (C=N–C) groups is 1. The van der Waals surface area contributed by atoms with Crippen molar-refractivity contribution in [3.8, 4) is 5.75 Å². The van der Waals surface area contributed by atoms with Crippen LogP contribution in [0.2, 0.25) is 0 Å². The van der Waals surface area contributed by atoms with E-state index in [2.05, 4.69) is 15.6 Å². The van der Waals surface area contributed by atoms with Gasteiger partial charge in [0.15, 0.2) is 17.5 Å². The minimum Gasteiger partial charge on any atom is -0.494 e. The zero-order chi connectivity index (χ0) is 16.7. The van der Waals surface area contributed by atoms with Crippen LogP contribution in [-0.2, 0) is 13.1 Å². The van der Waals surface area contributed by atoms with Crippen LogP contribution in [0, 0.1) is 11.6 Å². The largest absolute Gasteiger partial charge is 0.494 e. The van der Waals surface area contributed by atoms with Crippen LogP contribution in [0.4, 0.5) is 8.78 Å². The van der Waals surface area contributed by atoms with Crippen LogP contribution in [0.1, 0.15) is 11.1 Å². The molecule has 2 aromatic rings. The van der Waals surface area contributed by atoms with Gasteiger partial charge in [0.1, 0.15) is 5.82 Å². The molecule has 0 heterocycles. The summed E-state index contributed by atoms with van der Waals surface area (Å²) in [6, 6.07) is 11.1. The molecule has 0 unspecified atom stereocenters. The molecule has 0 radical (unpaired) electrons. The summed E-state index contributed by atoms with van der Waals surface area (Å²) in [5.74, 6) is 0.0725. The van der Waals surface area contributed by atoms with E-state index in [9.17, 15) is 8.78 Å². The van der Waals surface area contributed by atoms with Gasteiger partial charge in [-0.2, -0.15) is 0 Å². The molecule has 2 aromatic carbocycles. The fourth-order valence-corrected chi connectivity index (χ4v) is 2.06. The zero-order valence-corrected chi connectivity index (χ0v) is 13.1. The maximum atomic E-state index is 13.6. The van der Waals surface area contributed by atoms with E-state index in [1.165, 1.54) is 25.3 Å². The Balaban J connectivity index is 1.89. The molecule has 0 bridgehead atoms. The Kier molecular flexibility index (Phi) is 5.91. The van der Waals surface area contributed by atoms with E-state index in [-0.39, 0.29) is 11.6 Å². The molecule has 4 nitrogen and oxygen atoms in total. The number of nitrogens with one attached hydrogen (secondary N) is 2. The molecule has 0 aliphatic heterocycles. The molecule has 0 aliphatic carbocycles. The molecule has 2 N–H and O–H groups in total. The highest BCUT2D eigenvalue weighted by Gasteiger charge is 2.04. The SMILES string of the molecule is CN=C(NCc1cccc(F)c1)NCc1ccc(OC)c(F)c1. The fraction of sp³-hybridized carbons (Fsp3) is 0.235. The molecular formula is C17H19F2N3O. The molecule has 0 aliphatic rings. The molecule has 122 valence electrons. The molecule has 6 heteroatoms. The van der Waals surface area contributed by atoms with Crippen LogP contribution in [0.15, 0.2) is 47.5 Å². The third kappa shape index (κ3) is 4.95. The van der Waals surface area contributed by atoms with Gasteiger partial charge in [0.05, 0.1) is 7.11 Å². The number of methoxy groups -OCH3 is 1. The second-order valence-corrected chi connectivity index (χ2v) is 4.88. The quantitative estimate of drug-likeness (QED) is 0.658. The van der Waals surface area contributed by atoms with Crippen molar-refractivity contribution in [2.45, 2.75) is 13.1 Å². The number of ether oxygens (including phenoxy) is 1. The van der Waals surface area contributed by atoms with Gasteiger partial charge in [0.25, 0.3) is 0 Å². The van der Waals surface area contributed by atoms with Crippen molar-refractivity contribution in [3.05, 3.63) is 65.2 Å². The van der Waals surface area contributed by atoms with Gasteiger partial charge in [-0.15, -0.1) is 0 Å². The summed E-state index contributed by atoms with van der Waals surface area (Å²) in [5.41, 5.74) is 1.57. The normalized spacial score (nSPS) is 11.2. The average Bonchev–Trinajstić information content (AvgIpc) is 2.55. The number of halogens is 2. The van der Waals surface area contributed by atoms with E-state index >= 15 is 0 Å². The van der Waals surface area contributed by atoms with Gasteiger partial charge in [-0.3, -0.25) is 4.99 Å². The second-order valence-electron chi connectivity index (χ2n) is 4.88. The minimum absolute atomic E-state index is 0.211. The molecule has 0 amide bonds. The highest BCUT2D eigenvalue weighted by atomic mass is 19.1. The van der Waals surface area contributed by atoms with Crippen molar-refractivity contribution >= 4 is 5.96 Å². The number of hydrogen-bond acceptors (Lipinski definition) is 2. The van der Waals surface area contributed by atoms with E-state index in [1.54, 1.807) is 25.2 Å². The first-order chi connectivity index (χ1) is 11.1. The molecule has 0 saturated heterocycles. The van der Waals surface area contributed by atoms with Crippen molar-refractivity contribution in [1.82, 2.24) is 10.6 Å². The lowest BCUT2D eigenvalue weighted by Gasteiger charge is -2.12. The molecule has 0 atom stereocenters. The van der Waals surface area contributed by atoms with Gasteiger partial charge in [-0.25, -0.2) is 8.78 Å². The number of nitrogens with zero attached hydrogens (tertiary/aromatic N) is 1. The fourth-order valence-electron chi connectivity index (χ4n) is 2.06. The third-order valence-electron chi connectivity index (χ3n) is 3.25. The minimum atomic E-state index is -0.408. The zero-order valence-electron chi connectivity index (χ0n) is 13.1. The van der Waals surface area contributed by atoms with Crippen LogP contribution in [0.5, 0.6) is 5.75 Å². The average molecular weight is 319 g/mol. The van der Waals surface area contributed by atoms with Crippen LogP contribution < -0.4 is 15.4 Å². The Morgan fingerprint density at radius 3 is 2.30 bits per heavy atom. The van der Waals surface area contributed by atoms with Crippen LogP contribution in [-0.4, -0.2) is 20.1 Å². The molecule has 2 rings (SSSR count). The van der Waals surface area contributed by atoms with Crippen LogP contribution in [0.25, 0.3) is 0 Å². The maximum Gasteiger partial charge on any atom is 0.191 e. The van der Waals surface area contributed by atoms with Crippen molar-refractivity contribution < 1.29 is 13.5 Å². The smallest absolute Gasteiger partial charge is 0.191 e. The topological polar surface area (TPSA) is 45.7 Å². The Bertz CT molecular complexity index is 689. The van der Waals surface area contributed by atoms with E-state index < -0.39 is 5.82 Å². The standard InChI is InChI=1S/C17H19F2N3O/c1-20-17(21-10-12-4-3-5-14(18)8-12)22-11-13-6-7-16(23-2)15(19)9-13/h3-9H,10-11H2,1-2H3,(H2,20,21,22). The first-order valence-corrected chi connectivity index (χ1v) is 7.13. The molecular weight excluding hydrogens is 300 g/mol. The first-order valence-electron chi connectivity index (χ1n) is 7.13. The van der Waals surface area contributed by atoms with E-state index in [0.717, 1.165) is 11.1 Å². The monoisotopic (exact) mass is 319 g/mol. The summed E-state index contributed by atoms with van der Waals surface area (Å²) in [7, 11) is 3.06. The summed E-state index contributed by atoms with van der Waals surface area (Å²) in [6.07, 6.45) is 0. The lowest BCUT2D eigenvalue weighted by Crippen LogP contribution is -2.36. The Hall–Kier alpha value is -2.63. The van der Waals surface area contributed by atoms with Crippen molar-refractivity contribution in [3.63, 3.8) is 0 Å². The highest BCUT2D eigenvalue weighted by Crippen LogP contribution is 2.17. The molecule has 0 fully saturated rings. The number of guanidine groups is 1. The summed E-state index contributed by atoms with van der Waals surface area (Å²) in [6.45, 7) is 0.845. The molecule has 0 aromatic heterocycles. The number of benzene rings is 2. The maximum absolute atomic E-state index is 13.6. The van der Waals surface area contributed by atoms with E-state index in [4.69, 9.17) is 4.74 Å². The number of rotatable bonds is 5. The van der Waals surface area contributed by atoms with E-state index in [0.29, 0.717) is 19.0 Å². The Morgan fingerprint density at radius 2 is 1.74 bits per heavy atom. The first kappa shape index (κ1) is 16.7. The lowest BCUT2D eigenvalue weighted by atomic mass is 10.2. The van der Waals surface area contributed by atoms with Gasteiger partial charge < -0.3 is 15.4 Å². The molecule has 0 saturated carbocycles. The van der Waals surface area contributed by atoms with Crippen LogP contribution >= 0.6 is 0 Å². The van der Waals surface area contributed by atoms with Crippen molar-refractivity contribution in [2.75, 3.05) is 14.2 Å². The second kappa shape index (κ2) is 8.12. The van der Waals surface area contributed by atoms with Gasteiger partial charge >= 0.3 is 0 Å². The van der Waals surface area contributed by atoms with Gasteiger partial charge in [0.2, 0.25) is 0 Å². The van der Waals surface area contributed by atoms with Crippen molar-refractivity contribution in [1.29, 1.82) is 0 Å².